The van der Waals surface area contributed by atoms with Crippen molar-refractivity contribution >= 4 is 0 Å². The first kappa shape index (κ1) is 14.7. The molecule has 1 unspecified atom stereocenters. The zero-order chi connectivity index (χ0) is 12.6. The smallest absolute Gasteiger partial charge is 0.0496 e. The van der Waals surface area contributed by atoms with Crippen molar-refractivity contribution in [3.05, 3.63) is 60.3 Å². The van der Waals surface area contributed by atoms with Crippen molar-refractivity contribution in [2.75, 3.05) is 6.61 Å². The third kappa shape index (κ3) is 4.94. The average molecular weight is 218 g/mol. The summed E-state index contributed by atoms with van der Waals surface area (Å²) in [4.78, 5) is 0. The number of allylic oxidation sites excluding steroid dienone is 7. The van der Waals surface area contributed by atoms with E-state index in [1.807, 2.05) is 39.0 Å². The van der Waals surface area contributed by atoms with Crippen LogP contribution in [0.3, 0.4) is 0 Å². The number of rotatable bonds is 6. The minimum Gasteiger partial charge on any atom is -0.396 e. The van der Waals surface area contributed by atoms with Crippen LogP contribution in [-0.2, 0) is 0 Å². The summed E-state index contributed by atoms with van der Waals surface area (Å²) in [5.74, 6) is 0.150. The van der Waals surface area contributed by atoms with Gasteiger partial charge in [0.1, 0.15) is 0 Å². The van der Waals surface area contributed by atoms with Crippen LogP contribution in [0.25, 0.3) is 0 Å². The summed E-state index contributed by atoms with van der Waals surface area (Å²) in [6, 6.07) is 0. The molecule has 0 rings (SSSR count). The van der Waals surface area contributed by atoms with Crippen molar-refractivity contribution in [2.45, 2.75) is 20.8 Å². The lowest BCUT2D eigenvalue weighted by atomic mass is 9.97. The molecule has 88 valence electrons. The monoisotopic (exact) mass is 218 g/mol. The fourth-order valence-electron chi connectivity index (χ4n) is 1.28. The first-order chi connectivity index (χ1) is 7.56. The molecule has 1 atom stereocenters. The second kappa shape index (κ2) is 7.89. The molecule has 0 aliphatic rings. The zero-order valence-electron chi connectivity index (χ0n) is 10.5. The molecule has 1 N–H and O–H groups in total. The summed E-state index contributed by atoms with van der Waals surface area (Å²) in [5, 5.41) is 9.14. The van der Waals surface area contributed by atoms with Crippen LogP contribution in [0.2, 0.25) is 0 Å². The Morgan fingerprint density at radius 3 is 2.44 bits per heavy atom. The van der Waals surface area contributed by atoms with E-state index in [1.165, 1.54) is 0 Å². The molecule has 0 aromatic heterocycles. The Morgan fingerprint density at radius 1 is 1.44 bits per heavy atom. The van der Waals surface area contributed by atoms with Gasteiger partial charge in [-0.1, -0.05) is 56.0 Å². The van der Waals surface area contributed by atoms with Gasteiger partial charge in [-0.2, -0.15) is 0 Å². The SMILES string of the molecule is C=C\C=C/C(=C/C(=C\C)C(C)CO)C(=C)C. The first-order valence-corrected chi connectivity index (χ1v) is 5.50. The van der Waals surface area contributed by atoms with Crippen LogP contribution in [0, 0.1) is 5.92 Å². The fraction of sp³-hybridized carbons (Fsp3) is 0.333. The Hall–Kier alpha value is -1.34. The van der Waals surface area contributed by atoms with Crippen molar-refractivity contribution in [1.29, 1.82) is 0 Å². The van der Waals surface area contributed by atoms with E-state index in [0.29, 0.717) is 0 Å². The molecule has 0 amide bonds. The number of hydrogen-bond donors (Lipinski definition) is 1. The Morgan fingerprint density at radius 2 is 2.06 bits per heavy atom. The highest BCUT2D eigenvalue weighted by Crippen LogP contribution is 2.18. The van der Waals surface area contributed by atoms with Crippen LogP contribution >= 0.6 is 0 Å². The van der Waals surface area contributed by atoms with Gasteiger partial charge in [0.05, 0.1) is 0 Å². The molecule has 0 aliphatic heterocycles. The van der Waals surface area contributed by atoms with Crippen LogP contribution in [0.5, 0.6) is 0 Å². The molecule has 1 heteroatoms. The van der Waals surface area contributed by atoms with Gasteiger partial charge in [0.25, 0.3) is 0 Å². The average Bonchev–Trinajstić information content (AvgIpc) is 2.28. The zero-order valence-corrected chi connectivity index (χ0v) is 10.5. The maximum atomic E-state index is 9.14. The van der Waals surface area contributed by atoms with E-state index in [2.05, 4.69) is 19.2 Å². The summed E-state index contributed by atoms with van der Waals surface area (Å²) >= 11 is 0. The van der Waals surface area contributed by atoms with Gasteiger partial charge in [-0.05, 0) is 25.0 Å². The van der Waals surface area contributed by atoms with E-state index in [4.69, 9.17) is 5.11 Å². The normalized spacial score (nSPS) is 15.2. The van der Waals surface area contributed by atoms with E-state index in [-0.39, 0.29) is 12.5 Å². The molecular weight excluding hydrogens is 196 g/mol. The van der Waals surface area contributed by atoms with Crippen LogP contribution in [0.1, 0.15) is 20.8 Å². The standard InChI is InChI=1S/C15H22O/c1-6-8-9-15(12(3)4)10-14(7-2)13(5)11-16/h6-10,13,16H,1,3,11H2,2,4-5H3/b9-8-,14-7+,15-10-. The Kier molecular flexibility index (Phi) is 7.23. The summed E-state index contributed by atoms with van der Waals surface area (Å²) in [5.41, 5.74) is 3.19. The van der Waals surface area contributed by atoms with Crippen LogP contribution in [0.4, 0.5) is 0 Å². The maximum Gasteiger partial charge on any atom is 0.0496 e. The predicted octanol–water partition coefficient (Wildman–Crippen LogP) is 3.81. The maximum absolute atomic E-state index is 9.14. The molecule has 16 heavy (non-hydrogen) atoms. The second-order valence-electron chi connectivity index (χ2n) is 3.85. The van der Waals surface area contributed by atoms with E-state index < -0.39 is 0 Å². The van der Waals surface area contributed by atoms with Crippen molar-refractivity contribution in [3.63, 3.8) is 0 Å². The lowest BCUT2D eigenvalue weighted by molar-refractivity contribution is 0.258. The summed E-state index contributed by atoms with van der Waals surface area (Å²) < 4.78 is 0. The third-order valence-corrected chi connectivity index (χ3v) is 2.40. The predicted molar refractivity (Wildman–Crippen MR) is 72.2 cm³/mol. The largest absolute Gasteiger partial charge is 0.396 e. The molecule has 0 aliphatic carbocycles. The van der Waals surface area contributed by atoms with Gasteiger partial charge in [0, 0.05) is 12.5 Å². The summed E-state index contributed by atoms with van der Waals surface area (Å²) in [6.07, 6.45) is 9.68. The summed E-state index contributed by atoms with van der Waals surface area (Å²) in [6.45, 7) is 13.7. The van der Waals surface area contributed by atoms with Gasteiger partial charge in [-0.3, -0.25) is 0 Å². The fourth-order valence-corrected chi connectivity index (χ4v) is 1.28. The Bertz CT molecular complexity index is 329. The molecule has 0 radical (unpaired) electrons. The molecule has 0 heterocycles. The van der Waals surface area contributed by atoms with Gasteiger partial charge in [0.2, 0.25) is 0 Å². The van der Waals surface area contributed by atoms with Gasteiger partial charge < -0.3 is 5.11 Å². The van der Waals surface area contributed by atoms with Crippen molar-refractivity contribution in [3.8, 4) is 0 Å². The first-order valence-electron chi connectivity index (χ1n) is 5.50. The molecule has 1 nitrogen and oxygen atoms in total. The highest BCUT2D eigenvalue weighted by Gasteiger charge is 2.05. The molecule has 0 saturated carbocycles. The van der Waals surface area contributed by atoms with E-state index in [1.54, 1.807) is 6.08 Å². The molecule has 0 spiro atoms. The Balaban J connectivity index is 5.10. The summed E-state index contributed by atoms with van der Waals surface area (Å²) in [7, 11) is 0. The number of aliphatic hydroxyl groups excluding tert-OH is 1. The minimum atomic E-state index is 0.150. The molecule has 0 fully saturated rings. The minimum absolute atomic E-state index is 0.150. The van der Waals surface area contributed by atoms with Crippen LogP contribution in [0.15, 0.2) is 60.3 Å². The molecule has 0 saturated heterocycles. The van der Waals surface area contributed by atoms with Gasteiger partial charge in [0.15, 0.2) is 0 Å². The molecule has 0 aromatic rings. The van der Waals surface area contributed by atoms with Crippen molar-refractivity contribution < 1.29 is 5.11 Å². The van der Waals surface area contributed by atoms with E-state index in [0.717, 1.165) is 16.7 Å². The van der Waals surface area contributed by atoms with E-state index >= 15 is 0 Å². The van der Waals surface area contributed by atoms with Crippen molar-refractivity contribution in [1.82, 2.24) is 0 Å². The molecule has 0 bridgehead atoms. The molecule has 0 aromatic carbocycles. The Labute approximate surface area is 99.2 Å². The number of hydrogen-bond acceptors (Lipinski definition) is 1. The van der Waals surface area contributed by atoms with Gasteiger partial charge in [-0.15, -0.1) is 0 Å². The lowest BCUT2D eigenvalue weighted by Gasteiger charge is -2.11. The highest BCUT2D eigenvalue weighted by atomic mass is 16.3. The number of aliphatic hydroxyl groups is 1. The lowest BCUT2D eigenvalue weighted by Crippen LogP contribution is -2.03. The molecular formula is C15H22O. The second-order valence-corrected chi connectivity index (χ2v) is 3.85. The topological polar surface area (TPSA) is 20.2 Å². The highest BCUT2D eigenvalue weighted by molar-refractivity contribution is 5.43. The van der Waals surface area contributed by atoms with Crippen molar-refractivity contribution in [2.24, 2.45) is 5.92 Å². The third-order valence-electron chi connectivity index (χ3n) is 2.40. The van der Waals surface area contributed by atoms with Crippen LogP contribution in [-0.4, -0.2) is 11.7 Å². The van der Waals surface area contributed by atoms with E-state index in [9.17, 15) is 0 Å². The quantitative estimate of drug-likeness (QED) is 0.672. The van der Waals surface area contributed by atoms with Gasteiger partial charge >= 0.3 is 0 Å². The van der Waals surface area contributed by atoms with Crippen LogP contribution < -0.4 is 0 Å². The van der Waals surface area contributed by atoms with Gasteiger partial charge in [-0.25, -0.2) is 0 Å².